The number of allylic oxidation sites excluding steroid dienone is 2. The Labute approximate surface area is 190 Å². The Bertz CT molecular complexity index is 1140. The van der Waals surface area contributed by atoms with Crippen LogP contribution in [-0.4, -0.2) is 24.5 Å². The Morgan fingerprint density at radius 3 is 2.53 bits per heavy atom. The molecule has 2 aromatic rings. The fourth-order valence-electron chi connectivity index (χ4n) is 5.11. The van der Waals surface area contributed by atoms with Crippen LogP contribution < -0.4 is 4.74 Å². The van der Waals surface area contributed by atoms with E-state index in [9.17, 15) is 4.79 Å². The molecule has 1 unspecified atom stereocenters. The summed E-state index contributed by atoms with van der Waals surface area (Å²) in [6.07, 6.45) is 7.12. The lowest BCUT2D eigenvalue weighted by Crippen LogP contribution is -2.38. The average molecular weight is 430 g/mol. The first kappa shape index (κ1) is 21.9. The molecule has 0 saturated heterocycles. The lowest BCUT2D eigenvalue weighted by molar-refractivity contribution is -0.138. The number of carbonyl (C=O) groups excluding carboxylic acids is 1. The third-order valence-electron chi connectivity index (χ3n) is 6.49. The minimum atomic E-state index is -1.08. The van der Waals surface area contributed by atoms with Crippen molar-refractivity contribution < 1.29 is 14.3 Å². The summed E-state index contributed by atoms with van der Waals surface area (Å²) in [5.41, 5.74) is 5.97. The molecule has 1 aliphatic carbocycles. The van der Waals surface area contributed by atoms with Crippen molar-refractivity contribution in [1.82, 2.24) is 4.90 Å². The predicted molar refractivity (Wildman–Crippen MR) is 127 cm³/mol. The second-order valence-corrected chi connectivity index (χ2v) is 8.46. The van der Waals surface area contributed by atoms with Crippen molar-refractivity contribution in [2.24, 2.45) is 0 Å². The highest BCUT2D eigenvalue weighted by Gasteiger charge is 2.48. The van der Waals surface area contributed by atoms with E-state index in [1.54, 1.807) is 0 Å². The van der Waals surface area contributed by atoms with Crippen LogP contribution in [0.1, 0.15) is 48.1 Å². The van der Waals surface area contributed by atoms with E-state index in [2.05, 4.69) is 69.9 Å². The topological polar surface area (TPSA) is 38.8 Å². The molecule has 0 bridgehead atoms. The number of benzene rings is 2. The summed E-state index contributed by atoms with van der Waals surface area (Å²) < 4.78 is 12.7. The lowest BCUT2D eigenvalue weighted by Gasteiger charge is -2.41. The molecule has 1 heterocycles. The fourth-order valence-corrected chi connectivity index (χ4v) is 5.11. The molecule has 0 fully saturated rings. The van der Waals surface area contributed by atoms with Crippen molar-refractivity contribution in [2.45, 2.75) is 46.6 Å². The summed E-state index contributed by atoms with van der Waals surface area (Å²) >= 11 is 0. The Morgan fingerprint density at radius 2 is 1.84 bits per heavy atom. The molecule has 1 aliphatic heterocycles. The molecular formula is C28H31NO3. The van der Waals surface area contributed by atoms with E-state index in [1.165, 1.54) is 5.70 Å². The summed E-state index contributed by atoms with van der Waals surface area (Å²) in [4.78, 5) is 14.4. The molecule has 32 heavy (non-hydrogen) atoms. The normalized spacial score (nSPS) is 19.3. The minimum Gasteiger partial charge on any atom is -0.456 e. The van der Waals surface area contributed by atoms with E-state index in [1.807, 2.05) is 24.3 Å². The van der Waals surface area contributed by atoms with Gasteiger partial charge in [0, 0.05) is 42.4 Å². The van der Waals surface area contributed by atoms with Crippen molar-refractivity contribution in [1.29, 1.82) is 0 Å². The molecule has 4 rings (SSSR count). The summed E-state index contributed by atoms with van der Waals surface area (Å²) in [5.74, 6) is 1.46. The zero-order chi connectivity index (χ0) is 22.9. The first-order valence-electron chi connectivity index (χ1n) is 11.3. The standard InChI is InChI=1S/C28H31NO3/c1-6-29(7-2)22-12-10-14-24-25(17-22)32-26-16-19(3)15-21(5)27(26)28(24,31-18-30)23-13-9-8-11-20(23)4/h8-11,13-18H,6-7,12H2,1-5H3. The van der Waals surface area contributed by atoms with Gasteiger partial charge in [0.15, 0.2) is 5.60 Å². The van der Waals surface area contributed by atoms with Crippen LogP contribution in [0.15, 0.2) is 71.7 Å². The Hall–Kier alpha value is -3.27. The summed E-state index contributed by atoms with van der Waals surface area (Å²) in [5, 5.41) is 0. The van der Waals surface area contributed by atoms with Crippen LogP contribution in [0.2, 0.25) is 0 Å². The van der Waals surface area contributed by atoms with Gasteiger partial charge in [0.2, 0.25) is 0 Å². The fraction of sp³-hybridized carbons (Fsp3) is 0.321. The highest BCUT2D eigenvalue weighted by molar-refractivity contribution is 5.66. The maximum atomic E-state index is 12.0. The smallest absolute Gasteiger partial charge is 0.294 e. The van der Waals surface area contributed by atoms with Gasteiger partial charge in [0.1, 0.15) is 11.5 Å². The van der Waals surface area contributed by atoms with Crippen LogP contribution in [0, 0.1) is 20.8 Å². The third-order valence-corrected chi connectivity index (χ3v) is 6.49. The van der Waals surface area contributed by atoms with Gasteiger partial charge in [-0.1, -0.05) is 42.5 Å². The monoisotopic (exact) mass is 429 g/mol. The molecule has 1 atom stereocenters. The number of aryl methyl sites for hydroxylation is 3. The van der Waals surface area contributed by atoms with E-state index in [4.69, 9.17) is 9.47 Å². The first-order valence-corrected chi connectivity index (χ1v) is 11.3. The van der Waals surface area contributed by atoms with E-state index < -0.39 is 5.60 Å². The van der Waals surface area contributed by atoms with Crippen LogP contribution in [0.3, 0.4) is 0 Å². The molecule has 0 saturated carbocycles. The largest absolute Gasteiger partial charge is 0.456 e. The third kappa shape index (κ3) is 3.44. The van der Waals surface area contributed by atoms with E-state index in [-0.39, 0.29) is 0 Å². The minimum absolute atomic E-state index is 0.569. The Balaban J connectivity index is 2.10. The van der Waals surface area contributed by atoms with Gasteiger partial charge in [-0.05, 0) is 57.4 Å². The second kappa shape index (κ2) is 8.70. The number of rotatable bonds is 6. The van der Waals surface area contributed by atoms with Crippen LogP contribution in [0.25, 0.3) is 0 Å². The van der Waals surface area contributed by atoms with Gasteiger partial charge in [0.05, 0.1) is 5.56 Å². The zero-order valence-corrected chi connectivity index (χ0v) is 19.6. The Morgan fingerprint density at radius 1 is 1.09 bits per heavy atom. The summed E-state index contributed by atoms with van der Waals surface area (Å²) in [7, 11) is 0. The molecule has 4 nitrogen and oxygen atoms in total. The highest BCUT2D eigenvalue weighted by Crippen LogP contribution is 2.52. The van der Waals surface area contributed by atoms with Gasteiger partial charge >= 0.3 is 0 Å². The molecule has 0 radical (unpaired) electrons. The van der Waals surface area contributed by atoms with Crippen molar-refractivity contribution in [2.75, 3.05) is 13.1 Å². The maximum Gasteiger partial charge on any atom is 0.294 e. The zero-order valence-electron chi connectivity index (χ0n) is 19.6. The Kier molecular flexibility index (Phi) is 5.96. The molecule has 0 aromatic heterocycles. The van der Waals surface area contributed by atoms with Crippen LogP contribution in [0.5, 0.6) is 5.75 Å². The number of carbonyl (C=O) groups is 1. The molecule has 0 amide bonds. The SMILES string of the molecule is CCN(CC)C1=CC2=C(C=CC1)C(OC=O)(c1ccccc1C)c1c(C)cc(C)cc1O2. The van der Waals surface area contributed by atoms with Gasteiger partial charge in [-0.2, -0.15) is 0 Å². The number of nitrogens with zero attached hydrogens (tertiary/aromatic N) is 1. The second-order valence-electron chi connectivity index (χ2n) is 8.46. The summed E-state index contributed by atoms with van der Waals surface area (Å²) in [6, 6.07) is 12.3. The van der Waals surface area contributed by atoms with Gasteiger partial charge < -0.3 is 14.4 Å². The molecule has 2 aromatic carbocycles. The van der Waals surface area contributed by atoms with Crippen LogP contribution in [-0.2, 0) is 15.1 Å². The molecule has 0 spiro atoms. The van der Waals surface area contributed by atoms with Crippen molar-refractivity contribution >= 4 is 6.47 Å². The van der Waals surface area contributed by atoms with Gasteiger partial charge in [-0.25, -0.2) is 0 Å². The van der Waals surface area contributed by atoms with Crippen molar-refractivity contribution in [3.63, 3.8) is 0 Å². The van der Waals surface area contributed by atoms with Crippen molar-refractivity contribution in [3.8, 4) is 5.75 Å². The maximum absolute atomic E-state index is 12.0. The van der Waals surface area contributed by atoms with Crippen LogP contribution in [0.4, 0.5) is 0 Å². The first-order chi connectivity index (χ1) is 15.5. The highest BCUT2D eigenvalue weighted by atomic mass is 16.5. The van der Waals surface area contributed by atoms with E-state index in [0.717, 1.165) is 64.4 Å². The number of ether oxygens (including phenoxy) is 2. The summed E-state index contributed by atoms with van der Waals surface area (Å²) in [6.45, 7) is 12.9. The van der Waals surface area contributed by atoms with Gasteiger partial charge in [-0.3, -0.25) is 4.79 Å². The lowest BCUT2D eigenvalue weighted by atomic mass is 9.74. The quantitative estimate of drug-likeness (QED) is 0.539. The van der Waals surface area contributed by atoms with Crippen molar-refractivity contribution in [3.05, 3.63) is 99.5 Å². The molecule has 2 aliphatic rings. The van der Waals surface area contributed by atoms with E-state index in [0.29, 0.717) is 6.47 Å². The number of hydrogen-bond acceptors (Lipinski definition) is 4. The van der Waals surface area contributed by atoms with Gasteiger partial charge in [0.25, 0.3) is 6.47 Å². The van der Waals surface area contributed by atoms with E-state index >= 15 is 0 Å². The molecule has 166 valence electrons. The predicted octanol–water partition coefficient (Wildman–Crippen LogP) is 5.86. The molecule has 4 heteroatoms. The number of fused-ring (bicyclic) bond motifs is 1. The average Bonchev–Trinajstić information content (AvgIpc) is 2.97. The van der Waals surface area contributed by atoms with Crippen LogP contribution >= 0.6 is 0 Å². The van der Waals surface area contributed by atoms with Gasteiger partial charge in [-0.15, -0.1) is 0 Å². The molecule has 0 N–H and O–H groups in total. The number of hydrogen-bond donors (Lipinski definition) is 0. The molecular weight excluding hydrogens is 398 g/mol.